The number of sulfonamides is 1. The summed E-state index contributed by atoms with van der Waals surface area (Å²) in [5.41, 5.74) is 2.88. The van der Waals surface area contributed by atoms with Gasteiger partial charge in [0.15, 0.2) is 0 Å². The molecule has 0 radical (unpaired) electrons. The van der Waals surface area contributed by atoms with E-state index >= 15 is 0 Å². The molecule has 0 aliphatic heterocycles. The molecule has 0 aliphatic carbocycles. The molecule has 1 atom stereocenters. The predicted molar refractivity (Wildman–Crippen MR) is 167 cm³/mol. The Balaban J connectivity index is 2.13. The second kappa shape index (κ2) is 13.3. The van der Waals surface area contributed by atoms with Gasteiger partial charge >= 0.3 is 0 Å². The van der Waals surface area contributed by atoms with E-state index in [1.807, 2.05) is 71.0 Å². The average Bonchev–Trinajstić information content (AvgIpc) is 2.86. The summed E-state index contributed by atoms with van der Waals surface area (Å²) in [6, 6.07) is 18.6. The molecular formula is C31H37Cl2N3O4S. The van der Waals surface area contributed by atoms with Gasteiger partial charge in [-0.15, -0.1) is 0 Å². The van der Waals surface area contributed by atoms with Crippen molar-refractivity contribution in [1.29, 1.82) is 0 Å². The smallest absolute Gasteiger partial charge is 0.244 e. The van der Waals surface area contributed by atoms with Crippen LogP contribution in [0.2, 0.25) is 10.0 Å². The van der Waals surface area contributed by atoms with Gasteiger partial charge in [0, 0.05) is 28.5 Å². The van der Waals surface area contributed by atoms with Gasteiger partial charge in [-0.2, -0.15) is 0 Å². The van der Waals surface area contributed by atoms with Crippen LogP contribution in [0.4, 0.5) is 5.69 Å². The molecule has 0 unspecified atom stereocenters. The summed E-state index contributed by atoms with van der Waals surface area (Å²) in [5.74, 6) is -0.912. The van der Waals surface area contributed by atoms with Crippen LogP contribution < -0.4 is 9.62 Å². The molecule has 0 fully saturated rings. The van der Waals surface area contributed by atoms with Gasteiger partial charge in [0.25, 0.3) is 0 Å². The molecule has 0 spiro atoms. The molecular weight excluding hydrogens is 581 g/mol. The molecule has 0 aliphatic rings. The van der Waals surface area contributed by atoms with E-state index in [1.54, 1.807) is 30.3 Å². The van der Waals surface area contributed by atoms with Crippen LogP contribution in [-0.2, 0) is 32.6 Å². The van der Waals surface area contributed by atoms with E-state index < -0.39 is 34.1 Å². The molecule has 0 bridgehead atoms. The molecule has 0 saturated heterocycles. The fourth-order valence-corrected chi connectivity index (χ4v) is 5.81. The highest BCUT2D eigenvalue weighted by Crippen LogP contribution is 2.27. The summed E-state index contributed by atoms with van der Waals surface area (Å²) in [7, 11) is -3.86. The van der Waals surface area contributed by atoms with Gasteiger partial charge in [-0.25, -0.2) is 8.42 Å². The molecule has 10 heteroatoms. The Kier molecular flexibility index (Phi) is 10.5. The lowest BCUT2D eigenvalue weighted by Crippen LogP contribution is -2.56. The molecule has 0 heterocycles. The lowest BCUT2D eigenvalue weighted by atomic mass is 10.0. The number of rotatable bonds is 10. The third kappa shape index (κ3) is 8.96. The summed E-state index contributed by atoms with van der Waals surface area (Å²) >= 11 is 12.6. The molecule has 0 saturated carbocycles. The van der Waals surface area contributed by atoms with E-state index in [0.717, 1.165) is 27.3 Å². The van der Waals surface area contributed by atoms with E-state index in [9.17, 15) is 18.0 Å². The fraction of sp³-hybridized carbons (Fsp3) is 0.355. The van der Waals surface area contributed by atoms with E-state index in [2.05, 4.69) is 5.32 Å². The summed E-state index contributed by atoms with van der Waals surface area (Å²) in [4.78, 5) is 29.4. The molecule has 3 rings (SSSR count). The summed E-state index contributed by atoms with van der Waals surface area (Å²) < 4.78 is 27.1. The predicted octanol–water partition coefficient (Wildman–Crippen LogP) is 5.93. The number of hydrogen-bond donors (Lipinski definition) is 1. The second-order valence-electron chi connectivity index (χ2n) is 11.2. The number of halogens is 2. The largest absolute Gasteiger partial charge is 0.350 e. The van der Waals surface area contributed by atoms with Crippen molar-refractivity contribution in [3.8, 4) is 0 Å². The lowest BCUT2D eigenvalue weighted by Gasteiger charge is -2.35. The first-order chi connectivity index (χ1) is 19.1. The Morgan fingerprint density at radius 1 is 0.951 bits per heavy atom. The molecule has 3 aromatic rings. The highest BCUT2D eigenvalue weighted by molar-refractivity contribution is 7.92. The lowest BCUT2D eigenvalue weighted by molar-refractivity contribution is -0.140. The van der Waals surface area contributed by atoms with Gasteiger partial charge in [0.2, 0.25) is 21.8 Å². The van der Waals surface area contributed by atoms with E-state index in [0.29, 0.717) is 21.3 Å². The highest BCUT2D eigenvalue weighted by Gasteiger charge is 2.35. The van der Waals surface area contributed by atoms with Crippen molar-refractivity contribution in [3.05, 3.63) is 99.0 Å². The highest BCUT2D eigenvalue weighted by atomic mass is 35.5. The Hall–Kier alpha value is -3.07. The van der Waals surface area contributed by atoms with Crippen molar-refractivity contribution < 1.29 is 18.0 Å². The van der Waals surface area contributed by atoms with Gasteiger partial charge in [-0.1, -0.05) is 71.7 Å². The first-order valence-corrected chi connectivity index (χ1v) is 15.8. The zero-order valence-electron chi connectivity index (χ0n) is 24.2. The summed E-state index contributed by atoms with van der Waals surface area (Å²) in [6.07, 6.45) is 1.28. The van der Waals surface area contributed by atoms with Crippen molar-refractivity contribution in [2.24, 2.45) is 0 Å². The Bertz CT molecular complexity index is 1510. The quantitative estimate of drug-likeness (QED) is 0.305. The minimum Gasteiger partial charge on any atom is -0.350 e. The van der Waals surface area contributed by atoms with Crippen LogP contribution in [0.5, 0.6) is 0 Å². The van der Waals surface area contributed by atoms with Crippen molar-refractivity contribution in [2.45, 2.75) is 59.2 Å². The zero-order chi connectivity index (χ0) is 30.5. The standard InChI is InChI=1S/C31H37Cl2N3O4S/c1-21-11-10-14-27(22(21)2)36(41(6,39)40)20-29(37)35(19-24-15-16-25(32)18-26(24)33)28(30(38)34-31(3,4)5)17-23-12-8-7-9-13-23/h7-16,18,28H,17,19-20H2,1-6H3,(H,34,38)/t28-/m0/s1. The number of aryl methyl sites for hydroxylation is 1. The van der Waals surface area contributed by atoms with E-state index in [-0.39, 0.29) is 18.9 Å². The summed E-state index contributed by atoms with van der Waals surface area (Å²) in [6.45, 7) is 8.74. The number of amides is 2. The first kappa shape index (κ1) is 32.4. The topological polar surface area (TPSA) is 86.8 Å². The van der Waals surface area contributed by atoms with E-state index in [4.69, 9.17) is 23.2 Å². The SMILES string of the molecule is Cc1cccc(N(CC(=O)N(Cc2ccc(Cl)cc2Cl)[C@@H](Cc2ccccc2)C(=O)NC(C)(C)C)S(C)(=O)=O)c1C. The van der Waals surface area contributed by atoms with Gasteiger partial charge in [-0.3, -0.25) is 13.9 Å². The molecule has 3 aromatic carbocycles. The fourth-order valence-electron chi connectivity index (χ4n) is 4.44. The first-order valence-electron chi connectivity index (χ1n) is 13.2. The maximum absolute atomic E-state index is 14.2. The number of carbonyl (C=O) groups excluding carboxylic acids is 2. The minimum absolute atomic E-state index is 0.0334. The van der Waals surface area contributed by atoms with Crippen molar-refractivity contribution in [2.75, 3.05) is 17.1 Å². The van der Waals surface area contributed by atoms with Crippen LogP contribution in [0.15, 0.2) is 66.7 Å². The molecule has 7 nitrogen and oxygen atoms in total. The number of anilines is 1. The number of carbonyl (C=O) groups is 2. The maximum Gasteiger partial charge on any atom is 0.244 e. The molecule has 0 aromatic heterocycles. The van der Waals surface area contributed by atoms with E-state index in [1.165, 1.54) is 4.90 Å². The van der Waals surface area contributed by atoms with Gasteiger partial charge in [-0.05, 0) is 75.1 Å². The van der Waals surface area contributed by atoms with Crippen LogP contribution in [0.3, 0.4) is 0 Å². The van der Waals surface area contributed by atoms with Crippen molar-refractivity contribution >= 4 is 50.7 Å². The number of benzene rings is 3. The van der Waals surface area contributed by atoms with Gasteiger partial charge in [0.05, 0.1) is 11.9 Å². The second-order valence-corrected chi connectivity index (χ2v) is 13.9. The Labute approximate surface area is 253 Å². The van der Waals surface area contributed by atoms with Crippen LogP contribution in [0, 0.1) is 13.8 Å². The van der Waals surface area contributed by atoms with Crippen molar-refractivity contribution in [3.63, 3.8) is 0 Å². The third-order valence-corrected chi connectivity index (χ3v) is 8.36. The molecule has 1 N–H and O–H groups in total. The zero-order valence-corrected chi connectivity index (χ0v) is 26.6. The maximum atomic E-state index is 14.2. The van der Waals surface area contributed by atoms with Crippen LogP contribution in [0.25, 0.3) is 0 Å². The van der Waals surface area contributed by atoms with Gasteiger partial charge < -0.3 is 10.2 Å². The minimum atomic E-state index is -3.86. The third-order valence-electron chi connectivity index (χ3n) is 6.65. The normalized spacial score (nSPS) is 12.5. The Morgan fingerprint density at radius 3 is 2.20 bits per heavy atom. The summed E-state index contributed by atoms with van der Waals surface area (Å²) in [5, 5.41) is 3.76. The number of hydrogen-bond acceptors (Lipinski definition) is 4. The van der Waals surface area contributed by atoms with Crippen LogP contribution >= 0.6 is 23.2 Å². The molecule has 2 amide bonds. The average molecular weight is 619 g/mol. The molecule has 220 valence electrons. The van der Waals surface area contributed by atoms with Crippen molar-refractivity contribution in [1.82, 2.24) is 10.2 Å². The van der Waals surface area contributed by atoms with Gasteiger partial charge in [0.1, 0.15) is 12.6 Å². The monoisotopic (exact) mass is 617 g/mol. The van der Waals surface area contributed by atoms with Crippen LogP contribution in [-0.4, -0.2) is 49.5 Å². The molecule has 41 heavy (non-hydrogen) atoms. The van der Waals surface area contributed by atoms with Crippen LogP contribution in [0.1, 0.15) is 43.0 Å². The Morgan fingerprint density at radius 2 is 1.61 bits per heavy atom. The number of nitrogens with one attached hydrogen (secondary N) is 1. The number of nitrogens with zero attached hydrogens (tertiary/aromatic N) is 2.